The van der Waals surface area contributed by atoms with E-state index in [-0.39, 0.29) is 23.5 Å². The Morgan fingerprint density at radius 3 is 2.56 bits per heavy atom. The highest BCUT2D eigenvalue weighted by molar-refractivity contribution is 8.93. The van der Waals surface area contributed by atoms with Crippen molar-refractivity contribution in [2.24, 2.45) is 5.73 Å². The summed E-state index contributed by atoms with van der Waals surface area (Å²) in [5, 5.41) is 9.47. The molecular formula is C8H12BrN3O3S. The summed E-state index contributed by atoms with van der Waals surface area (Å²) in [6.07, 6.45) is -0.777. The summed E-state index contributed by atoms with van der Waals surface area (Å²) in [6, 6.07) is 4.78. The first-order chi connectivity index (χ1) is 7.02. The summed E-state index contributed by atoms with van der Waals surface area (Å²) in [7, 11) is -3.47. The molecule has 5 N–H and O–H groups in total. The molecule has 0 amide bonds. The standard InChI is InChI=1S/C8H11N3O3S.BrH/c9-4-8(12)5-1-2-6-7(3-5)11-15(13,14)10-6;/h1-3,8,10-12H,4,9H2;1H. The van der Waals surface area contributed by atoms with Crippen molar-refractivity contribution in [2.75, 3.05) is 16.0 Å². The van der Waals surface area contributed by atoms with Crippen molar-refractivity contribution < 1.29 is 13.5 Å². The van der Waals surface area contributed by atoms with Gasteiger partial charge in [-0.2, -0.15) is 8.42 Å². The van der Waals surface area contributed by atoms with Crippen LogP contribution in [0.3, 0.4) is 0 Å². The smallest absolute Gasteiger partial charge is 0.321 e. The van der Waals surface area contributed by atoms with Gasteiger partial charge in [-0.25, -0.2) is 0 Å². The van der Waals surface area contributed by atoms with Crippen LogP contribution in [0.4, 0.5) is 11.4 Å². The minimum atomic E-state index is -3.47. The molecule has 90 valence electrons. The van der Waals surface area contributed by atoms with Crippen molar-refractivity contribution in [1.82, 2.24) is 0 Å². The molecule has 0 spiro atoms. The third-order valence-corrected chi connectivity index (χ3v) is 3.12. The average Bonchev–Trinajstić information content (AvgIpc) is 2.49. The van der Waals surface area contributed by atoms with Crippen LogP contribution in [0.5, 0.6) is 0 Å². The van der Waals surface area contributed by atoms with Gasteiger partial charge in [0, 0.05) is 6.54 Å². The highest BCUT2D eigenvalue weighted by Gasteiger charge is 2.22. The largest absolute Gasteiger partial charge is 0.387 e. The van der Waals surface area contributed by atoms with Gasteiger partial charge in [0.15, 0.2) is 0 Å². The third kappa shape index (κ3) is 2.46. The summed E-state index contributed by atoms with van der Waals surface area (Å²) in [4.78, 5) is 0. The topological polar surface area (TPSA) is 104 Å². The van der Waals surface area contributed by atoms with E-state index in [0.29, 0.717) is 16.9 Å². The van der Waals surface area contributed by atoms with Crippen molar-refractivity contribution in [1.29, 1.82) is 0 Å². The maximum Gasteiger partial charge on any atom is 0.321 e. The molecule has 1 unspecified atom stereocenters. The molecule has 2 rings (SSSR count). The predicted octanol–water partition coefficient (Wildman–Crippen LogP) is 0.339. The minimum absolute atomic E-state index is 0. The van der Waals surface area contributed by atoms with E-state index in [0.717, 1.165) is 0 Å². The van der Waals surface area contributed by atoms with Gasteiger partial charge in [-0.15, -0.1) is 17.0 Å². The van der Waals surface area contributed by atoms with E-state index in [2.05, 4.69) is 9.44 Å². The van der Waals surface area contributed by atoms with Crippen LogP contribution in [-0.4, -0.2) is 20.1 Å². The molecule has 0 aliphatic carbocycles. The predicted molar refractivity (Wildman–Crippen MR) is 66.9 cm³/mol. The highest BCUT2D eigenvalue weighted by atomic mass is 79.9. The zero-order valence-electron chi connectivity index (χ0n) is 8.17. The maximum atomic E-state index is 11.1. The first-order valence-electron chi connectivity index (χ1n) is 4.34. The fourth-order valence-electron chi connectivity index (χ4n) is 1.39. The summed E-state index contributed by atoms with van der Waals surface area (Å²) >= 11 is 0. The molecule has 1 aromatic carbocycles. The van der Waals surface area contributed by atoms with Gasteiger partial charge >= 0.3 is 10.2 Å². The lowest BCUT2D eigenvalue weighted by atomic mass is 10.1. The Labute approximate surface area is 104 Å². The molecule has 1 aliphatic heterocycles. The monoisotopic (exact) mass is 309 g/mol. The molecular weight excluding hydrogens is 298 g/mol. The number of aliphatic hydroxyl groups excluding tert-OH is 1. The molecule has 1 aromatic rings. The van der Waals surface area contributed by atoms with Crippen molar-refractivity contribution in [3.8, 4) is 0 Å². The second-order valence-electron chi connectivity index (χ2n) is 3.26. The van der Waals surface area contributed by atoms with Gasteiger partial charge in [0.1, 0.15) is 0 Å². The lowest BCUT2D eigenvalue weighted by molar-refractivity contribution is 0.187. The van der Waals surface area contributed by atoms with Gasteiger partial charge in [-0.3, -0.25) is 9.44 Å². The summed E-state index contributed by atoms with van der Waals surface area (Å²) < 4.78 is 26.9. The molecule has 16 heavy (non-hydrogen) atoms. The van der Waals surface area contributed by atoms with Gasteiger partial charge in [-0.1, -0.05) is 6.07 Å². The van der Waals surface area contributed by atoms with Crippen LogP contribution >= 0.6 is 17.0 Å². The van der Waals surface area contributed by atoms with E-state index >= 15 is 0 Å². The van der Waals surface area contributed by atoms with Crippen molar-refractivity contribution in [3.05, 3.63) is 23.8 Å². The Morgan fingerprint density at radius 2 is 1.94 bits per heavy atom. The number of nitrogens with one attached hydrogen (secondary N) is 2. The molecule has 0 radical (unpaired) electrons. The molecule has 1 atom stereocenters. The fraction of sp³-hybridized carbons (Fsp3) is 0.250. The quantitative estimate of drug-likeness (QED) is 0.632. The van der Waals surface area contributed by atoms with E-state index in [1.807, 2.05) is 0 Å². The zero-order chi connectivity index (χ0) is 11.1. The number of hydrogen-bond acceptors (Lipinski definition) is 4. The average molecular weight is 310 g/mol. The lowest BCUT2D eigenvalue weighted by Gasteiger charge is -2.08. The van der Waals surface area contributed by atoms with E-state index < -0.39 is 16.3 Å². The number of benzene rings is 1. The first-order valence-corrected chi connectivity index (χ1v) is 5.83. The summed E-state index contributed by atoms with van der Waals surface area (Å²) in [6.45, 7) is 0.0962. The Kier molecular flexibility index (Phi) is 3.79. The highest BCUT2D eigenvalue weighted by Crippen LogP contribution is 2.31. The Balaban J connectivity index is 0.00000128. The number of rotatable bonds is 2. The molecule has 6 nitrogen and oxygen atoms in total. The van der Waals surface area contributed by atoms with Crippen LogP contribution in [0, 0.1) is 0 Å². The van der Waals surface area contributed by atoms with Gasteiger partial charge in [-0.05, 0) is 17.7 Å². The molecule has 1 aliphatic rings. The van der Waals surface area contributed by atoms with E-state index in [9.17, 15) is 13.5 Å². The normalized spacial score (nSPS) is 17.6. The Morgan fingerprint density at radius 1 is 1.31 bits per heavy atom. The molecule has 0 saturated heterocycles. The Hall–Kier alpha value is -0.830. The fourth-order valence-corrected chi connectivity index (χ4v) is 2.37. The first kappa shape index (κ1) is 13.2. The second kappa shape index (κ2) is 4.58. The number of fused-ring (bicyclic) bond motifs is 1. The maximum absolute atomic E-state index is 11.1. The van der Waals surface area contributed by atoms with Crippen molar-refractivity contribution in [2.45, 2.75) is 6.10 Å². The number of halogens is 1. The van der Waals surface area contributed by atoms with E-state index in [4.69, 9.17) is 5.73 Å². The van der Waals surface area contributed by atoms with Crippen LogP contribution in [0.1, 0.15) is 11.7 Å². The van der Waals surface area contributed by atoms with Crippen molar-refractivity contribution >= 4 is 38.6 Å². The van der Waals surface area contributed by atoms with Gasteiger partial charge in [0.2, 0.25) is 0 Å². The van der Waals surface area contributed by atoms with Crippen LogP contribution in [0.25, 0.3) is 0 Å². The third-order valence-electron chi connectivity index (χ3n) is 2.14. The van der Waals surface area contributed by atoms with Gasteiger partial charge in [0.05, 0.1) is 17.5 Å². The lowest BCUT2D eigenvalue weighted by Crippen LogP contribution is -2.13. The van der Waals surface area contributed by atoms with Gasteiger partial charge in [0.25, 0.3) is 0 Å². The molecule has 0 saturated carbocycles. The number of anilines is 2. The van der Waals surface area contributed by atoms with Crippen LogP contribution in [-0.2, 0) is 10.2 Å². The summed E-state index contributed by atoms with van der Waals surface area (Å²) in [5.41, 5.74) is 6.79. The molecule has 1 heterocycles. The van der Waals surface area contributed by atoms with Gasteiger partial charge < -0.3 is 10.8 Å². The molecule has 0 aromatic heterocycles. The van der Waals surface area contributed by atoms with Crippen LogP contribution in [0.15, 0.2) is 18.2 Å². The minimum Gasteiger partial charge on any atom is -0.387 e. The SMILES string of the molecule is Br.NCC(O)c1ccc2c(c1)NS(=O)(=O)N2. The van der Waals surface area contributed by atoms with Crippen LogP contribution < -0.4 is 15.2 Å². The second-order valence-corrected chi connectivity index (χ2v) is 4.68. The number of hydrogen-bond donors (Lipinski definition) is 4. The molecule has 8 heteroatoms. The van der Waals surface area contributed by atoms with E-state index in [1.165, 1.54) is 0 Å². The zero-order valence-corrected chi connectivity index (χ0v) is 10.7. The Bertz CT molecular complexity index is 491. The number of nitrogens with two attached hydrogens (primary N) is 1. The van der Waals surface area contributed by atoms with E-state index in [1.54, 1.807) is 18.2 Å². The van der Waals surface area contributed by atoms with Crippen molar-refractivity contribution in [3.63, 3.8) is 0 Å². The summed E-state index contributed by atoms with van der Waals surface area (Å²) in [5.74, 6) is 0. The van der Waals surface area contributed by atoms with Crippen LogP contribution in [0.2, 0.25) is 0 Å². The molecule has 0 bridgehead atoms. The molecule has 0 fully saturated rings. The number of aliphatic hydroxyl groups is 1.